The summed E-state index contributed by atoms with van der Waals surface area (Å²) >= 11 is 0. The molecule has 3 atom stereocenters. The molecule has 3 aromatic carbocycles. The number of esters is 1. The monoisotopic (exact) mass is 524 g/mol. The van der Waals surface area contributed by atoms with Gasteiger partial charge in [-0.3, -0.25) is 9.69 Å². The van der Waals surface area contributed by atoms with Gasteiger partial charge in [0.05, 0.1) is 12.0 Å². The van der Waals surface area contributed by atoms with E-state index in [1.54, 1.807) is 0 Å². The average molecular weight is 525 g/mol. The third kappa shape index (κ3) is 6.09. The third-order valence-corrected chi connectivity index (χ3v) is 8.70. The highest BCUT2D eigenvalue weighted by Crippen LogP contribution is 2.32. The van der Waals surface area contributed by atoms with Crippen LogP contribution in [0.5, 0.6) is 0 Å². The van der Waals surface area contributed by atoms with Gasteiger partial charge in [0.1, 0.15) is 11.9 Å². The quantitative estimate of drug-likeness (QED) is 0.424. The Morgan fingerprint density at radius 3 is 2.51 bits per heavy atom. The summed E-state index contributed by atoms with van der Waals surface area (Å²) in [6.07, 6.45) is 1.48. The molecule has 1 saturated heterocycles. The summed E-state index contributed by atoms with van der Waals surface area (Å²) in [6.45, 7) is 5.03. The van der Waals surface area contributed by atoms with E-state index in [1.165, 1.54) is 26.2 Å². The van der Waals surface area contributed by atoms with E-state index < -0.39 is 27.9 Å². The third-order valence-electron chi connectivity index (χ3n) is 7.26. The fourth-order valence-electron chi connectivity index (χ4n) is 5.15. The summed E-state index contributed by atoms with van der Waals surface area (Å²) in [4.78, 5) is 15.1. The number of piperidine rings is 1. The number of nitrogens with one attached hydrogen (secondary N) is 1. The largest absolute Gasteiger partial charge is 0.468 e. The van der Waals surface area contributed by atoms with Gasteiger partial charge in [-0.15, -0.1) is 0 Å². The number of carbonyl (C=O) groups is 1. The lowest BCUT2D eigenvalue weighted by atomic mass is 9.84. The van der Waals surface area contributed by atoms with Gasteiger partial charge >= 0.3 is 5.97 Å². The first-order valence-corrected chi connectivity index (χ1v) is 13.9. The first-order valence-electron chi connectivity index (χ1n) is 12.4. The number of sulfonamides is 1. The number of aryl methyl sites for hydroxylation is 1. The number of carbonyl (C=O) groups excluding carboxylic acids is 1. The minimum absolute atomic E-state index is 0.0857. The molecule has 1 aliphatic rings. The fraction of sp³-hybridized carbons (Fsp3) is 0.345. The van der Waals surface area contributed by atoms with Crippen LogP contribution in [0.15, 0.2) is 77.7 Å². The molecule has 0 aromatic heterocycles. The predicted octanol–water partition coefficient (Wildman–Crippen LogP) is 4.92. The first kappa shape index (κ1) is 27.0. The highest BCUT2D eigenvalue weighted by molar-refractivity contribution is 7.89. The maximum Gasteiger partial charge on any atom is 0.324 e. The van der Waals surface area contributed by atoms with Crippen LogP contribution in [0.25, 0.3) is 11.1 Å². The molecule has 6 nitrogen and oxygen atoms in total. The molecule has 0 bridgehead atoms. The van der Waals surface area contributed by atoms with Gasteiger partial charge in [0, 0.05) is 18.5 Å². The first-order chi connectivity index (χ1) is 17.7. The number of benzene rings is 3. The lowest BCUT2D eigenvalue weighted by Gasteiger charge is -2.42. The van der Waals surface area contributed by atoms with Crippen molar-refractivity contribution < 1.29 is 22.3 Å². The van der Waals surface area contributed by atoms with Crippen molar-refractivity contribution >= 4 is 16.0 Å². The Morgan fingerprint density at radius 1 is 1.11 bits per heavy atom. The molecule has 0 saturated carbocycles. The van der Waals surface area contributed by atoms with Crippen molar-refractivity contribution in [3.05, 3.63) is 89.7 Å². The van der Waals surface area contributed by atoms with Crippen molar-refractivity contribution in [2.45, 2.75) is 50.2 Å². The lowest BCUT2D eigenvalue weighted by Crippen LogP contribution is -2.55. The molecule has 1 heterocycles. The second-order valence-electron chi connectivity index (χ2n) is 9.57. The van der Waals surface area contributed by atoms with Crippen molar-refractivity contribution in [3.63, 3.8) is 0 Å². The number of rotatable bonds is 8. The Morgan fingerprint density at radius 2 is 1.81 bits per heavy atom. The Balaban J connectivity index is 1.59. The molecule has 1 N–H and O–H groups in total. The van der Waals surface area contributed by atoms with E-state index >= 15 is 0 Å². The number of ether oxygens (including phenoxy) is 1. The van der Waals surface area contributed by atoms with Crippen LogP contribution in [-0.2, 0) is 26.1 Å². The number of hydrogen-bond donors (Lipinski definition) is 1. The molecule has 8 heteroatoms. The van der Waals surface area contributed by atoms with Crippen LogP contribution in [0.3, 0.4) is 0 Å². The van der Waals surface area contributed by atoms with Gasteiger partial charge in [-0.2, -0.15) is 4.72 Å². The van der Waals surface area contributed by atoms with Crippen molar-refractivity contribution in [1.29, 1.82) is 0 Å². The van der Waals surface area contributed by atoms with Crippen LogP contribution in [0.1, 0.15) is 30.9 Å². The summed E-state index contributed by atoms with van der Waals surface area (Å²) in [7, 11) is -2.82. The summed E-state index contributed by atoms with van der Waals surface area (Å²) in [5.41, 5.74) is 3.66. The van der Waals surface area contributed by atoms with Crippen LogP contribution in [-0.4, -0.2) is 45.0 Å². The zero-order valence-electron chi connectivity index (χ0n) is 21.4. The van der Waals surface area contributed by atoms with Crippen molar-refractivity contribution in [2.75, 3.05) is 13.7 Å². The summed E-state index contributed by atoms with van der Waals surface area (Å²) in [5, 5.41) is 0. The summed E-state index contributed by atoms with van der Waals surface area (Å²) in [5.74, 6) is -1.43. The molecule has 0 radical (unpaired) electrons. The number of likely N-dealkylation sites (tertiary alicyclic amines) is 1. The molecular formula is C29H33FN2O4S. The molecule has 0 aliphatic carbocycles. The Labute approximate surface area is 218 Å². The summed E-state index contributed by atoms with van der Waals surface area (Å²) in [6, 6.07) is 20.9. The van der Waals surface area contributed by atoms with Crippen LogP contribution >= 0.6 is 0 Å². The smallest absolute Gasteiger partial charge is 0.324 e. The molecule has 1 aliphatic heterocycles. The average Bonchev–Trinajstić information content (AvgIpc) is 2.90. The predicted molar refractivity (Wildman–Crippen MR) is 142 cm³/mol. The van der Waals surface area contributed by atoms with Gasteiger partial charge in [-0.1, -0.05) is 54.6 Å². The van der Waals surface area contributed by atoms with Crippen LogP contribution in [0, 0.1) is 18.7 Å². The Bertz CT molecular complexity index is 1350. The highest BCUT2D eigenvalue weighted by Gasteiger charge is 2.40. The Kier molecular flexibility index (Phi) is 8.42. The van der Waals surface area contributed by atoms with Crippen molar-refractivity contribution in [3.8, 4) is 11.1 Å². The van der Waals surface area contributed by atoms with Gasteiger partial charge in [-0.25, -0.2) is 12.8 Å². The van der Waals surface area contributed by atoms with Gasteiger partial charge in [0.2, 0.25) is 10.0 Å². The molecule has 0 spiro atoms. The minimum Gasteiger partial charge on any atom is -0.468 e. The maximum atomic E-state index is 13.7. The number of nitrogens with zero attached hydrogens (tertiary/aromatic N) is 1. The van der Waals surface area contributed by atoms with E-state index in [9.17, 15) is 17.6 Å². The standard InChI is InChI=1S/C29H33FN2O4S/c1-20-18-24(15-16-27(20)30)37(34,35)31-28(29(33)36-3)25-14-9-17-32(21(25)2)19-23-12-7-8-13-26(23)22-10-5-4-6-11-22/h4-8,10-13,15-16,18,21,25,28,31H,9,14,17,19H2,1-3H3. The van der Waals surface area contributed by atoms with Crippen LogP contribution in [0.2, 0.25) is 0 Å². The van der Waals surface area contributed by atoms with Gasteiger partial charge in [-0.05, 0) is 73.7 Å². The van der Waals surface area contributed by atoms with E-state index in [2.05, 4.69) is 33.9 Å². The zero-order valence-corrected chi connectivity index (χ0v) is 22.2. The van der Waals surface area contributed by atoms with Gasteiger partial charge in [0.25, 0.3) is 0 Å². The van der Waals surface area contributed by atoms with Gasteiger partial charge < -0.3 is 4.74 Å². The number of halogens is 1. The molecule has 4 rings (SSSR count). The van der Waals surface area contributed by atoms with E-state index in [0.717, 1.165) is 35.7 Å². The Hall–Kier alpha value is -3.07. The molecule has 3 aromatic rings. The number of methoxy groups -OCH3 is 1. The highest BCUT2D eigenvalue weighted by atomic mass is 32.2. The minimum atomic E-state index is -4.08. The van der Waals surface area contributed by atoms with Crippen LogP contribution < -0.4 is 4.72 Å². The second-order valence-corrected chi connectivity index (χ2v) is 11.3. The topological polar surface area (TPSA) is 75.7 Å². The van der Waals surface area contributed by atoms with Crippen molar-refractivity contribution in [1.82, 2.24) is 9.62 Å². The normalized spacial score (nSPS) is 19.4. The maximum absolute atomic E-state index is 13.7. The second kappa shape index (κ2) is 11.5. The zero-order chi connectivity index (χ0) is 26.6. The van der Waals surface area contributed by atoms with Crippen molar-refractivity contribution in [2.24, 2.45) is 5.92 Å². The number of hydrogen-bond acceptors (Lipinski definition) is 5. The molecule has 196 valence electrons. The van der Waals surface area contributed by atoms with E-state index in [0.29, 0.717) is 13.0 Å². The van der Waals surface area contributed by atoms with Crippen LogP contribution in [0.4, 0.5) is 4.39 Å². The molecule has 37 heavy (non-hydrogen) atoms. The van der Waals surface area contributed by atoms with E-state index in [1.807, 2.05) is 37.3 Å². The summed E-state index contributed by atoms with van der Waals surface area (Å²) < 4.78 is 47.7. The molecule has 1 fully saturated rings. The molecular weight excluding hydrogens is 491 g/mol. The fourth-order valence-corrected chi connectivity index (χ4v) is 6.47. The van der Waals surface area contributed by atoms with Gasteiger partial charge in [0.15, 0.2) is 0 Å². The lowest BCUT2D eigenvalue weighted by molar-refractivity contribution is -0.145. The SMILES string of the molecule is COC(=O)C(NS(=O)(=O)c1ccc(F)c(C)c1)C1CCCN(Cc2ccccc2-c2ccccc2)C1C. The molecule has 0 amide bonds. The van der Waals surface area contributed by atoms with E-state index in [-0.39, 0.29) is 22.4 Å². The molecule has 3 unspecified atom stereocenters. The van der Waals surface area contributed by atoms with E-state index in [4.69, 9.17) is 4.74 Å².